The molecule has 0 amide bonds. The fraction of sp³-hybridized carbons (Fsp3) is 0.133. The largest absolute Gasteiger partial charge is 0.369 e. The van der Waals surface area contributed by atoms with Crippen LogP contribution in [0.15, 0.2) is 51.9 Å². The molecular weight excluding hydrogens is 340 g/mol. The lowest BCUT2D eigenvalue weighted by Gasteiger charge is -2.27. The van der Waals surface area contributed by atoms with E-state index in [1.165, 1.54) is 18.2 Å². The Kier molecular flexibility index (Phi) is 3.63. The van der Waals surface area contributed by atoms with Gasteiger partial charge in [0.05, 0.1) is 18.3 Å². The van der Waals surface area contributed by atoms with Crippen molar-refractivity contribution in [3.05, 3.63) is 64.1 Å². The van der Waals surface area contributed by atoms with Crippen LogP contribution in [0.3, 0.4) is 0 Å². The van der Waals surface area contributed by atoms with Crippen LogP contribution in [0.4, 0.5) is 14.5 Å². The van der Waals surface area contributed by atoms with Crippen LogP contribution in [0.5, 0.6) is 0 Å². The molecule has 0 aliphatic carbocycles. The fourth-order valence-corrected chi connectivity index (χ4v) is 3.06. The third kappa shape index (κ3) is 2.51. The van der Waals surface area contributed by atoms with E-state index in [1.807, 2.05) is 0 Å². The second-order valence-corrected chi connectivity index (χ2v) is 5.56. The van der Waals surface area contributed by atoms with Crippen LogP contribution in [0.1, 0.15) is 11.6 Å². The average Bonchev–Trinajstić information content (AvgIpc) is 2.81. The Hall–Kier alpha value is -1.95. The number of rotatable bonds is 2. The first-order valence-corrected chi connectivity index (χ1v) is 7.16. The quantitative estimate of drug-likeness (QED) is 0.897. The number of hydrogen-bond donors (Lipinski definition) is 1. The average molecular weight is 352 g/mol. The van der Waals surface area contributed by atoms with Crippen LogP contribution in [0.25, 0.3) is 0 Å². The lowest BCUT2D eigenvalue weighted by Crippen LogP contribution is -2.36. The van der Waals surface area contributed by atoms with Gasteiger partial charge < -0.3 is 10.6 Å². The molecule has 2 aromatic rings. The van der Waals surface area contributed by atoms with E-state index in [9.17, 15) is 8.78 Å². The number of benzene rings is 2. The number of para-hydroxylation sites is 1. The molecule has 1 aliphatic rings. The molecule has 0 spiro atoms. The maximum absolute atomic E-state index is 14.0. The number of nitrogens with two attached hydrogens (primary N) is 1. The zero-order valence-corrected chi connectivity index (χ0v) is 12.5. The van der Waals surface area contributed by atoms with Gasteiger partial charge in [-0.1, -0.05) is 34.1 Å². The molecule has 21 heavy (non-hydrogen) atoms. The van der Waals surface area contributed by atoms with Crippen molar-refractivity contribution in [2.24, 2.45) is 10.7 Å². The van der Waals surface area contributed by atoms with Crippen molar-refractivity contribution in [3.63, 3.8) is 0 Å². The fourth-order valence-electron chi connectivity index (χ4n) is 2.45. The van der Waals surface area contributed by atoms with Crippen LogP contribution in [0, 0.1) is 11.6 Å². The zero-order valence-electron chi connectivity index (χ0n) is 10.9. The molecule has 1 unspecified atom stereocenters. The highest BCUT2D eigenvalue weighted by Crippen LogP contribution is 2.35. The summed E-state index contributed by atoms with van der Waals surface area (Å²) in [6, 6.07) is 10.5. The minimum absolute atomic E-state index is 0.251. The van der Waals surface area contributed by atoms with E-state index in [-0.39, 0.29) is 23.6 Å². The van der Waals surface area contributed by atoms with Crippen molar-refractivity contribution in [2.75, 3.05) is 11.4 Å². The number of halogens is 3. The Morgan fingerprint density at radius 3 is 2.67 bits per heavy atom. The van der Waals surface area contributed by atoms with E-state index < -0.39 is 0 Å². The molecule has 1 heterocycles. The maximum Gasteiger partial charge on any atom is 0.196 e. The highest BCUT2D eigenvalue weighted by molar-refractivity contribution is 9.10. The predicted octanol–water partition coefficient (Wildman–Crippen LogP) is 3.60. The molecule has 0 fully saturated rings. The Bertz CT molecular complexity index is 718. The van der Waals surface area contributed by atoms with Gasteiger partial charge in [0.2, 0.25) is 0 Å². The van der Waals surface area contributed by atoms with E-state index in [2.05, 4.69) is 20.9 Å². The van der Waals surface area contributed by atoms with Crippen LogP contribution in [-0.2, 0) is 0 Å². The van der Waals surface area contributed by atoms with Gasteiger partial charge in [0.15, 0.2) is 5.96 Å². The SMILES string of the molecule is NC1=NCC(c2ccc(F)cc2Br)N1c1ccccc1F. The molecule has 0 bridgehead atoms. The van der Waals surface area contributed by atoms with Crippen molar-refractivity contribution in [1.29, 1.82) is 0 Å². The van der Waals surface area contributed by atoms with Gasteiger partial charge in [-0.2, -0.15) is 0 Å². The molecule has 108 valence electrons. The van der Waals surface area contributed by atoms with E-state index in [4.69, 9.17) is 5.73 Å². The summed E-state index contributed by atoms with van der Waals surface area (Å²) in [7, 11) is 0. The molecular formula is C15H12BrF2N3. The first kappa shape index (κ1) is 14.0. The number of anilines is 1. The summed E-state index contributed by atoms with van der Waals surface area (Å²) < 4.78 is 27.9. The van der Waals surface area contributed by atoms with Crippen molar-refractivity contribution in [2.45, 2.75) is 6.04 Å². The minimum atomic E-state index is -0.374. The van der Waals surface area contributed by atoms with Gasteiger partial charge in [-0.15, -0.1) is 0 Å². The first-order valence-electron chi connectivity index (χ1n) is 6.36. The molecule has 0 radical (unpaired) electrons. The van der Waals surface area contributed by atoms with Crippen LogP contribution in [-0.4, -0.2) is 12.5 Å². The van der Waals surface area contributed by atoms with Crippen LogP contribution < -0.4 is 10.6 Å². The molecule has 3 rings (SSSR count). The van der Waals surface area contributed by atoms with Gasteiger partial charge >= 0.3 is 0 Å². The predicted molar refractivity (Wildman–Crippen MR) is 82.2 cm³/mol. The summed E-state index contributed by atoms with van der Waals surface area (Å²) in [6.45, 7) is 0.393. The second kappa shape index (κ2) is 5.44. The minimum Gasteiger partial charge on any atom is -0.369 e. The third-order valence-corrected chi connectivity index (χ3v) is 4.10. The molecule has 1 atom stereocenters. The number of nitrogens with zero attached hydrogens (tertiary/aromatic N) is 2. The molecule has 6 heteroatoms. The zero-order chi connectivity index (χ0) is 15.0. The van der Waals surface area contributed by atoms with Gasteiger partial charge in [0, 0.05) is 4.47 Å². The number of aliphatic imine (C=N–C) groups is 1. The maximum atomic E-state index is 14.0. The molecule has 1 aliphatic heterocycles. The van der Waals surface area contributed by atoms with Gasteiger partial charge in [0.1, 0.15) is 11.6 Å². The van der Waals surface area contributed by atoms with Crippen LogP contribution >= 0.6 is 15.9 Å². The molecule has 0 saturated heterocycles. The molecule has 2 N–H and O–H groups in total. The van der Waals surface area contributed by atoms with E-state index in [1.54, 1.807) is 29.2 Å². The normalized spacial score (nSPS) is 18.0. The van der Waals surface area contributed by atoms with Crippen molar-refractivity contribution in [1.82, 2.24) is 0 Å². The van der Waals surface area contributed by atoms with Crippen molar-refractivity contribution in [3.8, 4) is 0 Å². The summed E-state index contributed by atoms with van der Waals surface area (Å²) in [5.74, 6) is -0.461. The molecule has 0 aromatic heterocycles. The summed E-state index contributed by atoms with van der Waals surface area (Å²) in [6.07, 6.45) is 0. The molecule has 2 aromatic carbocycles. The van der Waals surface area contributed by atoms with Gasteiger partial charge in [-0.3, -0.25) is 4.99 Å². The Balaban J connectivity index is 2.05. The first-order chi connectivity index (χ1) is 10.1. The monoisotopic (exact) mass is 351 g/mol. The standard InChI is InChI=1S/C15H12BrF2N3/c16-11-7-9(17)5-6-10(11)14-8-20-15(19)21(14)13-4-2-1-3-12(13)18/h1-7,14H,8H2,(H2,19,20). The smallest absolute Gasteiger partial charge is 0.196 e. The summed E-state index contributed by atoms with van der Waals surface area (Å²) in [4.78, 5) is 5.83. The number of guanidine groups is 1. The Labute approximate surface area is 129 Å². The van der Waals surface area contributed by atoms with E-state index in [0.717, 1.165) is 5.56 Å². The summed E-state index contributed by atoms with van der Waals surface area (Å²) >= 11 is 3.34. The van der Waals surface area contributed by atoms with Crippen molar-refractivity contribution >= 4 is 27.6 Å². The van der Waals surface area contributed by atoms with Gasteiger partial charge in [0.25, 0.3) is 0 Å². The molecule has 3 nitrogen and oxygen atoms in total. The summed E-state index contributed by atoms with van der Waals surface area (Å²) in [5, 5.41) is 0. The Morgan fingerprint density at radius 2 is 1.95 bits per heavy atom. The number of hydrogen-bond acceptors (Lipinski definition) is 3. The molecule has 0 saturated carbocycles. The Morgan fingerprint density at radius 1 is 1.19 bits per heavy atom. The van der Waals surface area contributed by atoms with Crippen LogP contribution in [0.2, 0.25) is 0 Å². The highest BCUT2D eigenvalue weighted by atomic mass is 79.9. The lowest BCUT2D eigenvalue weighted by atomic mass is 10.1. The highest BCUT2D eigenvalue weighted by Gasteiger charge is 2.31. The lowest BCUT2D eigenvalue weighted by molar-refractivity contribution is 0.615. The third-order valence-electron chi connectivity index (χ3n) is 3.42. The van der Waals surface area contributed by atoms with Gasteiger partial charge in [-0.25, -0.2) is 8.78 Å². The van der Waals surface area contributed by atoms with E-state index >= 15 is 0 Å². The van der Waals surface area contributed by atoms with Crippen molar-refractivity contribution < 1.29 is 8.78 Å². The van der Waals surface area contributed by atoms with Gasteiger partial charge in [-0.05, 0) is 29.8 Å². The summed E-state index contributed by atoms with van der Waals surface area (Å²) in [5.41, 5.74) is 7.08. The second-order valence-electron chi connectivity index (χ2n) is 4.70. The topological polar surface area (TPSA) is 41.6 Å². The van der Waals surface area contributed by atoms with E-state index in [0.29, 0.717) is 16.7 Å².